The molecule has 104 valence electrons. The van der Waals surface area contributed by atoms with Crippen LogP contribution in [0.2, 0.25) is 0 Å². The van der Waals surface area contributed by atoms with Crippen LogP contribution in [0.4, 0.5) is 0 Å². The fourth-order valence-corrected chi connectivity index (χ4v) is 2.42. The molecule has 1 aromatic rings. The van der Waals surface area contributed by atoms with Crippen molar-refractivity contribution in [1.29, 1.82) is 0 Å². The Kier molecular flexibility index (Phi) is 3.57. The first-order chi connectivity index (χ1) is 9.24. The van der Waals surface area contributed by atoms with Crippen LogP contribution in [0.1, 0.15) is 24.4 Å². The van der Waals surface area contributed by atoms with Gasteiger partial charge in [0.25, 0.3) is 5.91 Å². The van der Waals surface area contributed by atoms with E-state index in [0.717, 1.165) is 30.9 Å². The molecule has 1 amide bonds. The van der Waals surface area contributed by atoms with Crippen LogP contribution < -0.4 is 5.32 Å². The lowest BCUT2D eigenvalue weighted by Gasteiger charge is -2.29. The van der Waals surface area contributed by atoms with Gasteiger partial charge < -0.3 is 19.4 Å². The largest absolute Gasteiger partial charge is 0.464 e. The van der Waals surface area contributed by atoms with Crippen molar-refractivity contribution in [3.8, 4) is 0 Å². The van der Waals surface area contributed by atoms with Gasteiger partial charge in [-0.05, 0) is 31.9 Å². The lowest BCUT2D eigenvalue weighted by atomic mass is 10.2. The summed E-state index contributed by atoms with van der Waals surface area (Å²) in [5.74, 6) is 1.82. The predicted molar refractivity (Wildman–Crippen MR) is 69.6 cm³/mol. The Morgan fingerprint density at radius 3 is 2.89 bits per heavy atom. The van der Waals surface area contributed by atoms with Crippen LogP contribution in [0, 0.1) is 6.92 Å². The molecule has 0 radical (unpaired) electrons. The lowest BCUT2D eigenvalue weighted by molar-refractivity contribution is -0.146. The maximum Gasteiger partial charge on any atom is 0.253 e. The zero-order valence-electron chi connectivity index (χ0n) is 11.2. The summed E-state index contributed by atoms with van der Waals surface area (Å²) in [6.07, 6.45) is 1.84. The Morgan fingerprint density at radius 1 is 1.47 bits per heavy atom. The molecular formula is C14H20N2O3. The van der Waals surface area contributed by atoms with Gasteiger partial charge in [-0.2, -0.15) is 0 Å². The van der Waals surface area contributed by atoms with Gasteiger partial charge in [-0.1, -0.05) is 0 Å². The first-order valence-electron chi connectivity index (χ1n) is 6.92. The summed E-state index contributed by atoms with van der Waals surface area (Å²) < 4.78 is 11.1. The summed E-state index contributed by atoms with van der Waals surface area (Å²) in [6.45, 7) is 4.51. The molecule has 0 aromatic carbocycles. The van der Waals surface area contributed by atoms with E-state index in [2.05, 4.69) is 5.32 Å². The maximum absolute atomic E-state index is 12.5. The topological polar surface area (TPSA) is 54.7 Å². The number of ether oxygens (including phenoxy) is 1. The average Bonchev–Trinajstić information content (AvgIpc) is 3.20. The minimum atomic E-state index is -0.342. The number of nitrogens with one attached hydrogen (secondary N) is 1. The van der Waals surface area contributed by atoms with Crippen LogP contribution in [-0.4, -0.2) is 42.6 Å². The first kappa shape index (κ1) is 12.7. The third-order valence-electron chi connectivity index (χ3n) is 3.60. The zero-order chi connectivity index (χ0) is 13.2. The number of aryl methyl sites for hydroxylation is 1. The van der Waals surface area contributed by atoms with Crippen LogP contribution in [0.25, 0.3) is 0 Å². The summed E-state index contributed by atoms with van der Waals surface area (Å²) in [5.41, 5.74) is 0. The number of carbonyl (C=O) groups is 1. The van der Waals surface area contributed by atoms with E-state index in [1.807, 2.05) is 24.0 Å². The van der Waals surface area contributed by atoms with Gasteiger partial charge in [-0.3, -0.25) is 4.79 Å². The molecule has 5 nitrogen and oxygen atoms in total. The minimum absolute atomic E-state index is 0.0868. The standard InChI is InChI=1S/C14H20N2O3/c1-10-2-5-12(19-10)9-16(11-3-4-11)14(17)13-8-15-6-7-18-13/h2,5,11,13,15H,3-4,6-9H2,1H3. The third-order valence-corrected chi connectivity index (χ3v) is 3.60. The van der Waals surface area contributed by atoms with E-state index < -0.39 is 0 Å². The normalized spacial score (nSPS) is 23.3. The molecule has 0 bridgehead atoms. The molecule has 1 aliphatic heterocycles. The molecule has 1 atom stereocenters. The van der Waals surface area contributed by atoms with Crippen molar-refractivity contribution in [2.75, 3.05) is 19.7 Å². The van der Waals surface area contributed by atoms with Crippen LogP contribution in [0.15, 0.2) is 16.5 Å². The summed E-state index contributed by atoms with van der Waals surface area (Å²) in [6, 6.07) is 4.24. The van der Waals surface area contributed by atoms with Crippen molar-refractivity contribution >= 4 is 5.91 Å². The Morgan fingerprint density at radius 2 is 2.32 bits per heavy atom. The molecule has 1 saturated heterocycles. The summed E-state index contributed by atoms with van der Waals surface area (Å²) in [7, 11) is 0. The number of hydrogen-bond donors (Lipinski definition) is 1. The molecule has 1 aliphatic carbocycles. The van der Waals surface area contributed by atoms with Gasteiger partial charge in [0, 0.05) is 19.1 Å². The Balaban J connectivity index is 1.67. The molecule has 1 unspecified atom stereocenters. The number of hydrogen-bond acceptors (Lipinski definition) is 4. The number of carbonyl (C=O) groups excluding carboxylic acids is 1. The van der Waals surface area contributed by atoms with Crippen molar-refractivity contribution in [2.45, 2.75) is 38.5 Å². The highest BCUT2D eigenvalue weighted by Crippen LogP contribution is 2.29. The highest BCUT2D eigenvalue weighted by atomic mass is 16.5. The lowest BCUT2D eigenvalue weighted by Crippen LogP contribution is -2.49. The van der Waals surface area contributed by atoms with Gasteiger partial charge in [0.1, 0.15) is 17.6 Å². The first-order valence-corrected chi connectivity index (χ1v) is 6.92. The fourth-order valence-electron chi connectivity index (χ4n) is 2.42. The minimum Gasteiger partial charge on any atom is -0.464 e. The molecule has 19 heavy (non-hydrogen) atoms. The number of furan rings is 1. The van der Waals surface area contributed by atoms with Gasteiger partial charge in [0.05, 0.1) is 13.2 Å². The van der Waals surface area contributed by atoms with E-state index in [9.17, 15) is 4.79 Å². The van der Waals surface area contributed by atoms with E-state index >= 15 is 0 Å². The molecule has 1 N–H and O–H groups in total. The van der Waals surface area contributed by atoms with Crippen LogP contribution in [0.3, 0.4) is 0 Å². The van der Waals surface area contributed by atoms with E-state index in [4.69, 9.17) is 9.15 Å². The molecule has 0 spiro atoms. The second-order valence-electron chi connectivity index (χ2n) is 5.27. The van der Waals surface area contributed by atoms with E-state index in [-0.39, 0.29) is 12.0 Å². The van der Waals surface area contributed by atoms with Crippen LogP contribution >= 0.6 is 0 Å². The van der Waals surface area contributed by atoms with Crippen molar-refractivity contribution in [3.63, 3.8) is 0 Å². The zero-order valence-corrected chi connectivity index (χ0v) is 11.2. The van der Waals surface area contributed by atoms with E-state index in [1.54, 1.807) is 0 Å². The van der Waals surface area contributed by atoms with Crippen LogP contribution in [0.5, 0.6) is 0 Å². The summed E-state index contributed by atoms with van der Waals surface area (Å²) >= 11 is 0. The number of rotatable bonds is 4. The van der Waals surface area contributed by atoms with Gasteiger partial charge >= 0.3 is 0 Å². The number of amides is 1. The molecular weight excluding hydrogens is 244 g/mol. The van der Waals surface area contributed by atoms with Gasteiger partial charge in [-0.15, -0.1) is 0 Å². The Labute approximate surface area is 112 Å². The highest BCUT2D eigenvalue weighted by molar-refractivity contribution is 5.82. The van der Waals surface area contributed by atoms with Gasteiger partial charge in [-0.25, -0.2) is 0 Å². The van der Waals surface area contributed by atoms with Crippen LogP contribution in [-0.2, 0) is 16.1 Å². The Bertz CT molecular complexity index is 447. The maximum atomic E-state index is 12.5. The third kappa shape index (κ3) is 2.98. The summed E-state index contributed by atoms with van der Waals surface area (Å²) in [5, 5.41) is 3.20. The van der Waals surface area contributed by atoms with E-state index in [1.165, 1.54) is 0 Å². The van der Waals surface area contributed by atoms with Crippen molar-refractivity contribution in [1.82, 2.24) is 10.2 Å². The SMILES string of the molecule is Cc1ccc(CN(C(=O)C2CNCCO2)C2CC2)o1. The quantitative estimate of drug-likeness (QED) is 0.883. The second-order valence-corrected chi connectivity index (χ2v) is 5.27. The van der Waals surface area contributed by atoms with E-state index in [0.29, 0.717) is 25.7 Å². The molecule has 1 aromatic heterocycles. The smallest absolute Gasteiger partial charge is 0.253 e. The molecule has 5 heteroatoms. The molecule has 2 heterocycles. The average molecular weight is 264 g/mol. The summed E-state index contributed by atoms with van der Waals surface area (Å²) in [4.78, 5) is 14.4. The monoisotopic (exact) mass is 264 g/mol. The highest BCUT2D eigenvalue weighted by Gasteiger charge is 2.37. The van der Waals surface area contributed by atoms with Gasteiger partial charge in [0.2, 0.25) is 0 Å². The predicted octanol–water partition coefficient (Wildman–Crippen LogP) is 1.07. The molecule has 2 fully saturated rings. The van der Waals surface area contributed by atoms with Crippen molar-refractivity contribution in [3.05, 3.63) is 23.7 Å². The number of nitrogens with zero attached hydrogens (tertiary/aromatic N) is 1. The molecule has 2 aliphatic rings. The Hall–Kier alpha value is -1.33. The second kappa shape index (κ2) is 5.35. The van der Waals surface area contributed by atoms with Crippen molar-refractivity contribution in [2.24, 2.45) is 0 Å². The molecule has 1 saturated carbocycles. The molecule has 3 rings (SSSR count). The van der Waals surface area contributed by atoms with Gasteiger partial charge in [0.15, 0.2) is 0 Å². The number of morpholine rings is 1. The fraction of sp³-hybridized carbons (Fsp3) is 0.643. The van der Waals surface area contributed by atoms with Crippen molar-refractivity contribution < 1.29 is 13.9 Å².